The molecule has 13 heteroatoms. The minimum Gasteiger partial charge on any atom is -0.462 e. The van der Waals surface area contributed by atoms with Gasteiger partial charge in [-0.15, -0.1) is 0 Å². The highest BCUT2D eigenvalue weighted by atomic mass is 16.6. The number of rotatable bonds is 13. The number of amides is 4. The molecule has 1 saturated heterocycles. The highest BCUT2D eigenvalue weighted by Crippen LogP contribution is 2.22. The second-order valence-corrected chi connectivity index (χ2v) is 13.2. The van der Waals surface area contributed by atoms with E-state index in [2.05, 4.69) is 16.0 Å². The third-order valence-electron chi connectivity index (χ3n) is 7.99. The van der Waals surface area contributed by atoms with Gasteiger partial charge >= 0.3 is 18.0 Å². The molecule has 3 rings (SSSR count). The summed E-state index contributed by atoms with van der Waals surface area (Å²) in [7, 11) is 0. The summed E-state index contributed by atoms with van der Waals surface area (Å²) in [4.78, 5) is 78.9. The summed E-state index contributed by atoms with van der Waals surface area (Å²) in [5.74, 6) is -3.05. The van der Waals surface area contributed by atoms with Gasteiger partial charge in [0, 0.05) is 13.0 Å². The van der Waals surface area contributed by atoms with Gasteiger partial charge in [0.2, 0.25) is 17.7 Å². The average Bonchev–Trinajstić information content (AvgIpc) is 3.52. The Morgan fingerprint density at radius 3 is 2.19 bits per heavy atom. The van der Waals surface area contributed by atoms with E-state index in [0.29, 0.717) is 19.4 Å². The molecule has 0 radical (unpaired) electrons. The van der Waals surface area contributed by atoms with Gasteiger partial charge in [0.25, 0.3) is 0 Å². The van der Waals surface area contributed by atoms with Gasteiger partial charge in [-0.05, 0) is 85.1 Å². The molecule has 1 saturated carbocycles. The Balaban J connectivity index is 1.60. The SMILES string of the molecule is C[C@@H](NC(=O)[C@@H]1CCCN1C(=O)OC(C)(C)C)C(=O)N[C@@H](CCC(=O)OC1CCCCC1)C(=O)N[C@H](C)C(=O)OCc1ccccc1. The van der Waals surface area contributed by atoms with Crippen molar-refractivity contribution in [3.05, 3.63) is 35.9 Å². The van der Waals surface area contributed by atoms with E-state index in [1.54, 1.807) is 32.9 Å². The first-order valence-electron chi connectivity index (χ1n) is 16.5. The lowest BCUT2D eigenvalue weighted by Crippen LogP contribution is -2.56. The molecular weight excluding hydrogens is 608 g/mol. The lowest BCUT2D eigenvalue weighted by atomic mass is 9.98. The molecule has 1 aliphatic heterocycles. The smallest absolute Gasteiger partial charge is 0.410 e. The van der Waals surface area contributed by atoms with Crippen LogP contribution in [-0.2, 0) is 44.8 Å². The number of hydrogen-bond donors (Lipinski definition) is 3. The summed E-state index contributed by atoms with van der Waals surface area (Å²) in [6, 6.07) is 4.93. The van der Waals surface area contributed by atoms with E-state index in [9.17, 15) is 28.8 Å². The molecule has 3 N–H and O–H groups in total. The molecule has 4 amide bonds. The van der Waals surface area contributed by atoms with Gasteiger partial charge in [-0.2, -0.15) is 0 Å². The number of ether oxygens (including phenoxy) is 3. The van der Waals surface area contributed by atoms with Gasteiger partial charge in [0.05, 0.1) is 0 Å². The zero-order valence-electron chi connectivity index (χ0n) is 28.2. The molecule has 47 heavy (non-hydrogen) atoms. The number of carbonyl (C=O) groups is 6. The quantitative estimate of drug-likeness (QED) is 0.213. The van der Waals surface area contributed by atoms with Crippen LogP contribution < -0.4 is 16.0 Å². The third-order valence-corrected chi connectivity index (χ3v) is 7.99. The van der Waals surface area contributed by atoms with Gasteiger partial charge in [-0.1, -0.05) is 36.8 Å². The number of esters is 2. The number of nitrogens with zero attached hydrogens (tertiary/aromatic N) is 1. The van der Waals surface area contributed by atoms with Crippen LogP contribution in [0.15, 0.2) is 30.3 Å². The Morgan fingerprint density at radius 2 is 1.53 bits per heavy atom. The van der Waals surface area contributed by atoms with Crippen molar-refractivity contribution >= 4 is 35.8 Å². The fourth-order valence-corrected chi connectivity index (χ4v) is 5.44. The number of nitrogens with one attached hydrogen (secondary N) is 3. The summed E-state index contributed by atoms with van der Waals surface area (Å²) in [6.07, 6.45) is 4.65. The Bertz CT molecular complexity index is 1240. The van der Waals surface area contributed by atoms with E-state index in [-0.39, 0.29) is 25.6 Å². The van der Waals surface area contributed by atoms with Crippen LogP contribution in [0.5, 0.6) is 0 Å². The summed E-state index contributed by atoms with van der Waals surface area (Å²) < 4.78 is 16.3. The van der Waals surface area contributed by atoms with E-state index < -0.39 is 65.5 Å². The number of hydrogen-bond acceptors (Lipinski definition) is 9. The summed E-state index contributed by atoms with van der Waals surface area (Å²) in [5.41, 5.74) is 0.0476. The van der Waals surface area contributed by atoms with E-state index >= 15 is 0 Å². The Labute approximate surface area is 276 Å². The zero-order chi connectivity index (χ0) is 34.6. The highest BCUT2D eigenvalue weighted by Gasteiger charge is 2.38. The van der Waals surface area contributed by atoms with Crippen molar-refractivity contribution in [1.29, 1.82) is 0 Å². The molecule has 0 unspecified atom stereocenters. The van der Waals surface area contributed by atoms with Crippen LogP contribution >= 0.6 is 0 Å². The largest absolute Gasteiger partial charge is 0.462 e. The first kappa shape index (κ1) is 37.3. The van der Waals surface area contributed by atoms with Crippen LogP contribution in [0.25, 0.3) is 0 Å². The number of benzene rings is 1. The van der Waals surface area contributed by atoms with Crippen LogP contribution in [0, 0.1) is 0 Å². The maximum Gasteiger partial charge on any atom is 0.410 e. The van der Waals surface area contributed by atoms with Crippen molar-refractivity contribution in [3.8, 4) is 0 Å². The lowest BCUT2D eigenvalue weighted by Gasteiger charge is -2.29. The summed E-state index contributed by atoms with van der Waals surface area (Å²) in [5, 5.41) is 7.80. The average molecular weight is 659 g/mol. The molecule has 2 aliphatic rings. The predicted molar refractivity (Wildman–Crippen MR) is 172 cm³/mol. The Morgan fingerprint density at radius 1 is 0.851 bits per heavy atom. The molecule has 1 aromatic carbocycles. The van der Waals surface area contributed by atoms with E-state index in [0.717, 1.165) is 37.7 Å². The van der Waals surface area contributed by atoms with Gasteiger partial charge in [-0.25, -0.2) is 9.59 Å². The number of carbonyl (C=O) groups excluding carboxylic acids is 6. The molecule has 260 valence electrons. The van der Waals surface area contributed by atoms with Crippen molar-refractivity contribution in [1.82, 2.24) is 20.9 Å². The first-order chi connectivity index (χ1) is 22.2. The fourth-order valence-electron chi connectivity index (χ4n) is 5.44. The monoisotopic (exact) mass is 658 g/mol. The zero-order valence-corrected chi connectivity index (χ0v) is 28.2. The molecule has 0 bridgehead atoms. The summed E-state index contributed by atoms with van der Waals surface area (Å²) >= 11 is 0. The maximum absolute atomic E-state index is 13.3. The second kappa shape index (κ2) is 17.7. The number of likely N-dealkylation sites (tertiary alicyclic amines) is 1. The minimum absolute atomic E-state index is 0.0244. The molecule has 1 aliphatic carbocycles. The topological polar surface area (TPSA) is 169 Å². The maximum atomic E-state index is 13.3. The highest BCUT2D eigenvalue weighted by molar-refractivity contribution is 5.94. The van der Waals surface area contributed by atoms with Crippen molar-refractivity contribution in [2.24, 2.45) is 0 Å². The third kappa shape index (κ3) is 12.5. The molecular formula is C34H50N4O9. The Kier molecular flexibility index (Phi) is 14.0. The molecule has 0 aromatic heterocycles. The van der Waals surface area contributed by atoms with Crippen molar-refractivity contribution in [3.63, 3.8) is 0 Å². The molecule has 0 spiro atoms. The standard InChI is InChI=1S/C34H50N4O9/c1-22(35-31(42)27-17-12-20-38(27)33(44)47-34(3,4)5)29(40)37-26(18-19-28(39)46-25-15-10-7-11-16-25)30(41)36-23(2)32(43)45-21-24-13-8-6-9-14-24/h6,8-9,13-14,22-23,25-27H,7,10-12,15-21H2,1-5H3,(H,35,42)(H,36,41)(H,37,40)/t22-,23-,26+,27+/m1/s1. The van der Waals surface area contributed by atoms with Crippen molar-refractivity contribution < 1.29 is 43.0 Å². The van der Waals surface area contributed by atoms with E-state index in [4.69, 9.17) is 14.2 Å². The van der Waals surface area contributed by atoms with Crippen LogP contribution in [-0.4, -0.2) is 83.1 Å². The molecule has 13 nitrogen and oxygen atoms in total. The van der Waals surface area contributed by atoms with E-state index in [1.165, 1.54) is 18.7 Å². The Hall–Kier alpha value is -4.16. The fraction of sp³-hybridized carbons (Fsp3) is 0.647. The molecule has 4 atom stereocenters. The van der Waals surface area contributed by atoms with Crippen molar-refractivity contribution in [2.75, 3.05) is 6.54 Å². The summed E-state index contributed by atoms with van der Waals surface area (Å²) in [6.45, 7) is 8.49. The second-order valence-electron chi connectivity index (χ2n) is 13.2. The molecule has 1 aromatic rings. The first-order valence-corrected chi connectivity index (χ1v) is 16.5. The van der Waals surface area contributed by atoms with Crippen LogP contribution in [0.4, 0.5) is 4.79 Å². The van der Waals surface area contributed by atoms with Gasteiger partial charge in [0.15, 0.2) is 0 Å². The van der Waals surface area contributed by atoms with Gasteiger partial charge < -0.3 is 30.2 Å². The lowest BCUT2D eigenvalue weighted by molar-refractivity contribution is -0.151. The van der Waals surface area contributed by atoms with Gasteiger partial charge in [-0.3, -0.25) is 24.1 Å². The van der Waals surface area contributed by atoms with Gasteiger partial charge in [0.1, 0.15) is 42.5 Å². The minimum atomic E-state index is -1.21. The van der Waals surface area contributed by atoms with Crippen LogP contribution in [0.1, 0.15) is 98.0 Å². The normalized spacial score (nSPS) is 18.7. The molecule has 1 heterocycles. The van der Waals surface area contributed by atoms with Crippen LogP contribution in [0.2, 0.25) is 0 Å². The molecule has 2 fully saturated rings. The van der Waals surface area contributed by atoms with E-state index in [1.807, 2.05) is 18.2 Å². The predicted octanol–water partition coefficient (Wildman–Crippen LogP) is 3.28. The van der Waals surface area contributed by atoms with Crippen LogP contribution in [0.3, 0.4) is 0 Å². The van der Waals surface area contributed by atoms with Crippen molar-refractivity contribution in [2.45, 2.75) is 135 Å².